The number of aryl methyl sites for hydroxylation is 2. The van der Waals surface area contributed by atoms with E-state index in [0.29, 0.717) is 25.1 Å². The van der Waals surface area contributed by atoms with Crippen LogP contribution in [0, 0.1) is 13.8 Å². The summed E-state index contributed by atoms with van der Waals surface area (Å²) in [7, 11) is 1.64. The van der Waals surface area contributed by atoms with Crippen molar-refractivity contribution in [2.75, 3.05) is 20.3 Å². The van der Waals surface area contributed by atoms with Gasteiger partial charge in [-0.25, -0.2) is 4.79 Å². The molecule has 0 saturated carbocycles. The average Bonchev–Trinajstić information content (AvgIpc) is 3.34. The summed E-state index contributed by atoms with van der Waals surface area (Å²) in [5.74, 6) is -0.549. The third-order valence-electron chi connectivity index (χ3n) is 6.03. The maximum atomic E-state index is 13.3. The highest BCUT2D eigenvalue weighted by Crippen LogP contribution is 2.42. The van der Waals surface area contributed by atoms with Crippen LogP contribution >= 0.6 is 11.3 Å². The number of fused-ring (bicyclic) bond motifs is 2. The molecule has 1 N–H and O–H groups in total. The standard InChI is InChI=1S/C21H25N3O4S/c1-13-11-15(14(2)23(13)8-9-28-3)17(25)12-24-19(26)21(22-20(24)27)7-4-5-18-16(21)6-10-29-18/h6,10-11H,4-5,7-9,12H2,1-3H3,(H,22,27)/t21-/m0/s1. The average molecular weight is 416 g/mol. The predicted molar refractivity (Wildman–Crippen MR) is 109 cm³/mol. The number of nitrogens with zero attached hydrogens (tertiary/aromatic N) is 2. The summed E-state index contributed by atoms with van der Waals surface area (Å²) in [6, 6.07) is 3.25. The molecule has 3 amide bonds. The number of carbonyl (C=O) groups excluding carboxylic acids is 3. The van der Waals surface area contributed by atoms with Crippen LogP contribution in [0.2, 0.25) is 0 Å². The van der Waals surface area contributed by atoms with Crippen LogP contribution in [0.1, 0.15) is 45.0 Å². The Bertz CT molecular complexity index is 992. The highest BCUT2D eigenvalue weighted by molar-refractivity contribution is 7.10. The maximum Gasteiger partial charge on any atom is 0.325 e. The third-order valence-corrected chi connectivity index (χ3v) is 7.01. The molecule has 29 heavy (non-hydrogen) atoms. The summed E-state index contributed by atoms with van der Waals surface area (Å²) in [5, 5.41) is 4.86. The number of hydrogen-bond donors (Lipinski definition) is 1. The minimum Gasteiger partial charge on any atom is -0.383 e. The van der Waals surface area contributed by atoms with Crippen molar-refractivity contribution in [2.45, 2.75) is 45.2 Å². The van der Waals surface area contributed by atoms with E-state index in [1.807, 2.05) is 35.9 Å². The van der Waals surface area contributed by atoms with E-state index in [2.05, 4.69) is 5.32 Å². The topological polar surface area (TPSA) is 80.6 Å². The summed E-state index contributed by atoms with van der Waals surface area (Å²) in [6.45, 7) is 4.75. The van der Waals surface area contributed by atoms with Crippen molar-refractivity contribution in [3.63, 3.8) is 0 Å². The number of aromatic nitrogens is 1. The van der Waals surface area contributed by atoms with Gasteiger partial charge in [0.15, 0.2) is 5.78 Å². The molecule has 3 heterocycles. The molecule has 2 aromatic heterocycles. The van der Waals surface area contributed by atoms with Crippen LogP contribution in [0.5, 0.6) is 0 Å². The van der Waals surface area contributed by atoms with Gasteiger partial charge in [-0.05, 0) is 50.6 Å². The minimum atomic E-state index is -1.01. The van der Waals surface area contributed by atoms with Crippen LogP contribution in [-0.4, -0.2) is 47.4 Å². The predicted octanol–water partition coefficient (Wildman–Crippen LogP) is 2.78. The first-order valence-corrected chi connectivity index (χ1v) is 10.7. The Hall–Kier alpha value is -2.45. The number of ketones is 1. The summed E-state index contributed by atoms with van der Waals surface area (Å²) < 4.78 is 7.15. The molecule has 7 nitrogen and oxygen atoms in total. The Morgan fingerprint density at radius 3 is 2.90 bits per heavy atom. The highest BCUT2D eigenvalue weighted by atomic mass is 32.1. The first-order chi connectivity index (χ1) is 13.9. The number of ether oxygens (including phenoxy) is 1. The molecule has 1 aliphatic heterocycles. The van der Waals surface area contributed by atoms with Gasteiger partial charge >= 0.3 is 6.03 Å². The van der Waals surface area contributed by atoms with Gasteiger partial charge in [-0.2, -0.15) is 0 Å². The summed E-state index contributed by atoms with van der Waals surface area (Å²) in [4.78, 5) is 41.2. The van der Waals surface area contributed by atoms with E-state index in [0.717, 1.165) is 39.6 Å². The first-order valence-electron chi connectivity index (χ1n) is 9.79. The van der Waals surface area contributed by atoms with Crippen molar-refractivity contribution in [3.8, 4) is 0 Å². The number of hydrogen-bond acceptors (Lipinski definition) is 5. The molecule has 0 unspecified atom stereocenters. The molecule has 1 saturated heterocycles. The van der Waals surface area contributed by atoms with Crippen molar-refractivity contribution in [1.82, 2.24) is 14.8 Å². The number of urea groups is 1. The third kappa shape index (κ3) is 3.11. The fourth-order valence-electron chi connectivity index (χ4n) is 4.52. The van der Waals surface area contributed by atoms with Gasteiger partial charge in [-0.15, -0.1) is 11.3 Å². The zero-order chi connectivity index (χ0) is 20.8. The fourth-order valence-corrected chi connectivity index (χ4v) is 5.52. The molecule has 0 bridgehead atoms. The van der Waals surface area contributed by atoms with E-state index in [1.165, 1.54) is 0 Å². The summed E-state index contributed by atoms with van der Waals surface area (Å²) >= 11 is 1.61. The Kier molecular flexibility index (Phi) is 5.08. The molecule has 0 aromatic carbocycles. The van der Waals surface area contributed by atoms with Gasteiger partial charge in [0.25, 0.3) is 5.91 Å². The molecule has 1 atom stereocenters. The zero-order valence-corrected chi connectivity index (χ0v) is 17.7. The minimum absolute atomic E-state index is 0.233. The Morgan fingerprint density at radius 1 is 1.34 bits per heavy atom. The number of rotatable bonds is 6. The van der Waals surface area contributed by atoms with Crippen molar-refractivity contribution >= 4 is 29.1 Å². The zero-order valence-electron chi connectivity index (χ0n) is 16.9. The molecule has 0 radical (unpaired) electrons. The van der Waals surface area contributed by atoms with Gasteiger partial charge < -0.3 is 14.6 Å². The number of nitrogens with one attached hydrogen (secondary N) is 1. The highest BCUT2D eigenvalue weighted by Gasteiger charge is 2.54. The molecule has 1 aliphatic carbocycles. The van der Waals surface area contributed by atoms with E-state index in [-0.39, 0.29) is 18.2 Å². The second-order valence-corrected chi connectivity index (χ2v) is 8.69. The van der Waals surface area contributed by atoms with Crippen LogP contribution in [0.25, 0.3) is 0 Å². The largest absolute Gasteiger partial charge is 0.383 e. The Labute approximate surface area is 173 Å². The van der Waals surface area contributed by atoms with Gasteiger partial charge in [0, 0.05) is 41.0 Å². The molecular formula is C21H25N3O4S. The molecule has 1 fully saturated rings. The lowest BCUT2D eigenvalue weighted by molar-refractivity contribution is -0.131. The second kappa shape index (κ2) is 7.42. The van der Waals surface area contributed by atoms with Crippen LogP contribution in [0.3, 0.4) is 0 Å². The molecule has 2 aliphatic rings. The van der Waals surface area contributed by atoms with E-state index in [1.54, 1.807) is 18.4 Å². The maximum absolute atomic E-state index is 13.3. The number of Topliss-reactive ketones (excluding diaryl/α,β-unsaturated/α-hetero) is 1. The lowest BCUT2D eigenvalue weighted by atomic mass is 9.80. The lowest BCUT2D eigenvalue weighted by Crippen LogP contribution is -2.46. The van der Waals surface area contributed by atoms with Crippen molar-refractivity contribution in [3.05, 3.63) is 44.9 Å². The molecule has 8 heteroatoms. The summed E-state index contributed by atoms with van der Waals surface area (Å²) in [6.07, 6.45) is 2.32. The van der Waals surface area contributed by atoms with Gasteiger partial charge in [0.2, 0.25) is 0 Å². The van der Waals surface area contributed by atoms with Gasteiger partial charge in [0.05, 0.1) is 13.2 Å². The van der Waals surface area contributed by atoms with Crippen LogP contribution in [0.15, 0.2) is 17.5 Å². The summed E-state index contributed by atoms with van der Waals surface area (Å²) in [5.41, 5.74) is 2.19. The van der Waals surface area contributed by atoms with Gasteiger partial charge in [0.1, 0.15) is 5.54 Å². The SMILES string of the molecule is COCCn1c(C)cc(C(=O)CN2C(=O)N[C@]3(CCCc4sccc43)C2=O)c1C. The number of methoxy groups -OCH3 is 1. The molecule has 4 rings (SSSR count). The Morgan fingerprint density at radius 2 is 2.14 bits per heavy atom. The molecule has 1 spiro atoms. The Balaban J connectivity index is 1.58. The number of carbonyl (C=O) groups is 3. The molecule has 154 valence electrons. The number of imide groups is 1. The number of amides is 3. The first kappa shape index (κ1) is 19.8. The normalized spacial score (nSPS) is 21.0. The van der Waals surface area contributed by atoms with Crippen LogP contribution in [0.4, 0.5) is 4.79 Å². The quantitative estimate of drug-likeness (QED) is 0.581. The van der Waals surface area contributed by atoms with Crippen molar-refractivity contribution in [1.29, 1.82) is 0 Å². The fraction of sp³-hybridized carbons (Fsp3) is 0.476. The lowest BCUT2D eigenvalue weighted by Gasteiger charge is -2.31. The smallest absolute Gasteiger partial charge is 0.325 e. The van der Waals surface area contributed by atoms with Crippen molar-refractivity contribution < 1.29 is 19.1 Å². The van der Waals surface area contributed by atoms with Crippen LogP contribution < -0.4 is 5.32 Å². The van der Waals surface area contributed by atoms with Crippen molar-refractivity contribution in [2.24, 2.45) is 0 Å². The van der Waals surface area contributed by atoms with Gasteiger partial charge in [-0.3, -0.25) is 14.5 Å². The van der Waals surface area contributed by atoms with E-state index in [4.69, 9.17) is 4.74 Å². The second-order valence-electron chi connectivity index (χ2n) is 7.69. The van der Waals surface area contributed by atoms with E-state index in [9.17, 15) is 14.4 Å². The molecule has 2 aromatic rings. The van der Waals surface area contributed by atoms with Gasteiger partial charge in [-0.1, -0.05) is 0 Å². The van der Waals surface area contributed by atoms with Crippen LogP contribution in [-0.2, 0) is 28.0 Å². The monoisotopic (exact) mass is 415 g/mol. The van der Waals surface area contributed by atoms with E-state index >= 15 is 0 Å². The molecular weight excluding hydrogens is 390 g/mol. The number of thiophene rings is 1. The van der Waals surface area contributed by atoms with E-state index < -0.39 is 11.6 Å².